The Kier molecular flexibility index (Phi) is 4.48. The van der Waals surface area contributed by atoms with Crippen molar-refractivity contribution in [1.29, 1.82) is 0 Å². The zero-order valence-electron chi connectivity index (χ0n) is 9.50. The molecule has 0 aliphatic heterocycles. The highest BCUT2D eigenvalue weighted by molar-refractivity contribution is 9.11. The van der Waals surface area contributed by atoms with Crippen molar-refractivity contribution in [3.05, 3.63) is 56.2 Å². The molecule has 2 rings (SSSR count). The summed E-state index contributed by atoms with van der Waals surface area (Å²) in [6.45, 7) is 0. The van der Waals surface area contributed by atoms with E-state index < -0.39 is 11.6 Å². The van der Waals surface area contributed by atoms with Crippen LogP contribution in [0.15, 0.2) is 34.1 Å². The molecular weight excluding hydrogens is 320 g/mol. The quantitative estimate of drug-likeness (QED) is 0.903. The second-order valence-corrected chi connectivity index (χ2v) is 6.67. The van der Waals surface area contributed by atoms with Gasteiger partial charge in [-0.3, -0.25) is 0 Å². The molecule has 0 aliphatic carbocycles. The van der Waals surface area contributed by atoms with Gasteiger partial charge >= 0.3 is 0 Å². The average Bonchev–Trinajstić information content (AvgIpc) is 2.69. The molecule has 0 radical (unpaired) electrons. The van der Waals surface area contributed by atoms with E-state index in [1.807, 2.05) is 12.1 Å². The molecule has 1 heterocycles. The number of rotatable bonds is 4. The molecule has 18 heavy (non-hydrogen) atoms. The summed E-state index contributed by atoms with van der Waals surface area (Å²) in [6.07, 6.45) is 1.27. The van der Waals surface area contributed by atoms with Crippen molar-refractivity contribution in [2.24, 2.45) is 5.73 Å². The zero-order chi connectivity index (χ0) is 13.1. The van der Waals surface area contributed by atoms with E-state index in [0.717, 1.165) is 21.8 Å². The van der Waals surface area contributed by atoms with Gasteiger partial charge in [-0.1, -0.05) is 6.07 Å². The first kappa shape index (κ1) is 13.6. The highest BCUT2D eigenvalue weighted by atomic mass is 79.9. The van der Waals surface area contributed by atoms with Crippen LogP contribution in [0.25, 0.3) is 0 Å². The number of hydrogen-bond acceptors (Lipinski definition) is 2. The number of nitrogens with two attached hydrogens (primary N) is 1. The average molecular weight is 332 g/mol. The molecule has 5 heteroatoms. The molecule has 2 N–H and O–H groups in total. The molecule has 0 aliphatic rings. The maximum atomic E-state index is 13.0. The molecule has 2 aromatic rings. The van der Waals surface area contributed by atoms with Crippen LogP contribution in [0.1, 0.15) is 10.4 Å². The zero-order valence-corrected chi connectivity index (χ0v) is 11.9. The fourth-order valence-electron chi connectivity index (χ4n) is 1.76. The minimum Gasteiger partial charge on any atom is -0.327 e. The molecule has 1 unspecified atom stereocenters. The smallest absolute Gasteiger partial charge is 0.159 e. The van der Waals surface area contributed by atoms with Gasteiger partial charge in [-0.15, -0.1) is 11.3 Å². The van der Waals surface area contributed by atoms with Crippen LogP contribution in [0.3, 0.4) is 0 Å². The summed E-state index contributed by atoms with van der Waals surface area (Å²) >= 11 is 5.03. The van der Waals surface area contributed by atoms with Crippen LogP contribution in [-0.4, -0.2) is 6.04 Å². The van der Waals surface area contributed by atoms with Crippen molar-refractivity contribution < 1.29 is 8.78 Å². The third-order valence-electron chi connectivity index (χ3n) is 2.57. The number of halogens is 3. The van der Waals surface area contributed by atoms with Crippen molar-refractivity contribution in [3.63, 3.8) is 0 Å². The summed E-state index contributed by atoms with van der Waals surface area (Å²) in [5.74, 6) is -1.65. The fourth-order valence-corrected chi connectivity index (χ4v) is 3.34. The van der Waals surface area contributed by atoms with Gasteiger partial charge in [0.2, 0.25) is 0 Å². The predicted octanol–water partition coefficient (Wildman–Crippen LogP) is 3.90. The number of thiophene rings is 1. The Labute approximate surface area is 117 Å². The molecule has 96 valence electrons. The highest BCUT2D eigenvalue weighted by Gasteiger charge is 2.09. The minimum atomic E-state index is -0.825. The molecule has 1 aromatic carbocycles. The topological polar surface area (TPSA) is 26.0 Å². The summed E-state index contributed by atoms with van der Waals surface area (Å²) in [4.78, 5) is 1.18. The number of hydrogen-bond donors (Lipinski definition) is 1. The maximum absolute atomic E-state index is 13.0. The Morgan fingerprint density at radius 3 is 2.50 bits per heavy atom. The third kappa shape index (κ3) is 3.60. The molecule has 1 aromatic heterocycles. The second-order valence-electron chi connectivity index (χ2n) is 4.12. The monoisotopic (exact) mass is 331 g/mol. The molecule has 0 fully saturated rings. The van der Waals surface area contributed by atoms with Gasteiger partial charge in [0.15, 0.2) is 11.6 Å². The standard InChI is InChI=1S/C13H12BrF2NS/c14-13-4-2-10(18-13)7-9(17)5-8-1-3-11(15)12(16)6-8/h1-4,6,9H,5,7,17H2. The lowest BCUT2D eigenvalue weighted by atomic mass is 10.0. The van der Waals surface area contributed by atoms with Gasteiger partial charge in [-0.2, -0.15) is 0 Å². The first-order valence-electron chi connectivity index (χ1n) is 5.48. The van der Waals surface area contributed by atoms with Gasteiger partial charge in [0.25, 0.3) is 0 Å². The van der Waals surface area contributed by atoms with E-state index in [4.69, 9.17) is 5.73 Å². The molecule has 0 spiro atoms. The Morgan fingerprint density at radius 2 is 1.89 bits per heavy atom. The van der Waals surface area contributed by atoms with Crippen LogP contribution in [0.4, 0.5) is 8.78 Å². The van der Waals surface area contributed by atoms with Gasteiger partial charge in [0, 0.05) is 10.9 Å². The molecule has 1 nitrogen and oxygen atoms in total. The Morgan fingerprint density at radius 1 is 1.11 bits per heavy atom. The van der Waals surface area contributed by atoms with Crippen LogP contribution < -0.4 is 5.73 Å². The molecular formula is C13H12BrF2NS. The van der Waals surface area contributed by atoms with Gasteiger partial charge in [-0.25, -0.2) is 8.78 Å². The number of benzene rings is 1. The lowest BCUT2D eigenvalue weighted by Crippen LogP contribution is -2.25. The van der Waals surface area contributed by atoms with E-state index in [0.29, 0.717) is 6.42 Å². The normalized spacial score (nSPS) is 12.7. The minimum absolute atomic E-state index is 0.0968. The van der Waals surface area contributed by atoms with Crippen molar-refractivity contribution in [1.82, 2.24) is 0 Å². The summed E-state index contributed by atoms with van der Waals surface area (Å²) in [7, 11) is 0. The summed E-state index contributed by atoms with van der Waals surface area (Å²) in [5, 5.41) is 0. The summed E-state index contributed by atoms with van der Waals surface area (Å²) < 4.78 is 26.9. The maximum Gasteiger partial charge on any atom is 0.159 e. The molecule has 0 saturated carbocycles. The summed E-state index contributed by atoms with van der Waals surface area (Å²) in [6, 6.07) is 7.81. The Bertz CT molecular complexity index is 542. The SMILES string of the molecule is NC(Cc1ccc(F)c(F)c1)Cc1ccc(Br)s1. The van der Waals surface area contributed by atoms with Crippen LogP contribution in [0, 0.1) is 11.6 Å². The van der Waals surface area contributed by atoms with Gasteiger partial charge < -0.3 is 5.73 Å². The first-order chi connectivity index (χ1) is 8.54. The van der Waals surface area contributed by atoms with E-state index in [1.165, 1.54) is 10.9 Å². The molecule has 0 bridgehead atoms. The van der Waals surface area contributed by atoms with Crippen molar-refractivity contribution in [2.45, 2.75) is 18.9 Å². The largest absolute Gasteiger partial charge is 0.327 e. The van der Waals surface area contributed by atoms with Crippen molar-refractivity contribution in [3.8, 4) is 0 Å². The van der Waals surface area contributed by atoms with Crippen molar-refractivity contribution >= 4 is 27.3 Å². The molecule has 0 saturated heterocycles. The molecule has 1 atom stereocenters. The van der Waals surface area contributed by atoms with Gasteiger partial charge in [0.05, 0.1) is 3.79 Å². The lowest BCUT2D eigenvalue weighted by Gasteiger charge is -2.10. The van der Waals surface area contributed by atoms with E-state index in [2.05, 4.69) is 15.9 Å². The van der Waals surface area contributed by atoms with Crippen LogP contribution in [-0.2, 0) is 12.8 Å². The highest BCUT2D eigenvalue weighted by Crippen LogP contribution is 2.23. The van der Waals surface area contributed by atoms with E-state index in [1.54, 1.807) is 17.4 Å². The van der Waals surface area contributed by atoms with Crippen LogP contribution in [0.2, 0.25) is 0 Å². The first-order valence-corrected chi connectivity index (χ1v) is 7.09. The predicted molar refractivity (Wildman–Crippen MR) is 73.8 cm³/mol. The van der Waals surface area contributed by atoms with E-state index >= 15 is 0 Å². The van der Waals surface area contributed by atoms with Crippen LogP contribution >= 0.6 is 27.3 Å². The van der Waals surface area contributed by atoms with Gasteiger partial charge in [-0.05, 0) is 58.6 Å². The Balaban J connectivity index is 1.98. The van der Waals surface area contributed by atoms with Crippen LogP contribution in [0.5, 0.6) is 0 Å². The van der Waals surface area contributed by atoms with Gasteiger partial charge in [0.1, 0.15) is 0 Å². The van der Waals surface area contributed by atoms with E-state index in [-0.39, 0.29) is 6.04 Å². The van der Waals surface area contributed by atoms with E-state index in [9.17, 15) is 8.78 Å². The third-order valence-corrected chi connectivity index (χ3v) is 4.22. The second kappa shape index (κ2) is 5.91. The Hall–Kier alpha value is -0.780. The summed E-state index contributed by atoms with van der Waals surface area (Å²) in [5.41, 5.74) is 6.73. The lowest BCUT2D eigenvalue weighted by molar-refractivity contribution is 0.506. The van der Waals surface area contributed by atoms with Crippen molar-refractivity contribution in [2.75, 3.05) is 0 Å². The molecule has 0 amide bonds. The fraction of sp³-hybridized carbons (Fsp3) is 0.231.